The minimum atomic E-state index is -0.397. The molecule has 1 aromatic rings. The number of carbonyl (C=O) groups excluding carboxylic acids is 1. The van der Waals surface area contributed by atoms with Crippen molar-refractivity contribution in [3.05, 3.63) is 65.0 Å². The zero-order valence-electron chi connectivity index (χ0n) is 19.1. The quantitative estimate of drug-likeness (QED) is 0.114. The molecule has 0 aliphatic carbocycles. The molecule has 8 heteroatoms. The monoisotopic (exact) mass is 447 g/mol. The lowest BCUT2D eigenvalue weighted by Gasteiger charge is -2.23. The lowest BCUT2D eigenvalue weighted by Crippen LogP contribution is -2.30. The lowest BCUT2D eigenvalue weighted by atomic mass is 9.89. The van der Waals surface area contributed by atoms with E-state index in [2.05, 4.69) is 11.6 Å². The molecule has 0 fully saturated rings. The maximum absolute atomic E-state index is 12.8. The van der Waals surface area contributed by atoms with Crippen molar-refractivity contribution in [2.75, 3.05) is 33.7 Å². The highest BCUT2D eigenvalue weighted by atomic mass is 16.7. The zero-order valence-corrected chi connectivity index (χ0v) is 19.1. The van der Waals surface area contributed by atoms with E-state index in [1.165, 1.54) is 0 Å². The Bertz CT molecular complexity index is 745. The maximum atomic E-state index is 12.8. The van der Waals surface area contributed by atoms with Crippen LogP contribution in [0.1, 0.15) is 38.2 Å². The van der Waals surface area contributed by atoms with Crippen molar-refractivity contribution in [3.63, 3.8) is 0 Å². The van der Waals surface area contributed by atoms with Crippen LogP contribution >= 0.6 is 0 Å². The number of hydrogen-bond donors (Lipinski definition) is 1. The minimum absolute atomic E-state index is 0.0507. The van der Waals surface area contributed by atoms with Crippen LogP contribution in [-0.2, 0) is 30.3 Å². The molecule has 0 aliphatic heterocycles. The van der Waals surface area contributed by atoms with Gasteiger partial charge in [-0.1, -0.05) is 42.5 Å². The number of diazo groups is 1. The van der Waals surface area contributed by atoms with Gasteiger partial charge in [0.05, 0.1) is 32.5 Å². The summed E-state index contributed by atoms with van der Waals surface area (Å²) in [5.41, 5.74) is 1.98. The van der Waals surface area contributed by atoms with Crippen molar-refractivity contribution in [1.29, 1.82) is 5.39 Å². The number of hydrogen-bond acceptors (Lipinski definition) is 7. The second-order valence-electron chi connectivity index (χ2n) is 7.47. The maximum Gasteiger partial charge on any atom is 0.387 e. The smallest absolute Gasteiger partial charge is 0.387 e. The summed E-state index contributed by atoms with van der Waals surface area (Å²) in [4.78, 5) is 15.6. The van der Waals surface area contributed by atoms with Gasteiger partial charge in [-0.15, -0.1) is 0 Å². The number of allylic oxidation sites excluding steroid dienone is 1. The molecular weight excluding hydrogens is 412 g/mol. The van der Waals surface area contributed by atoms with Crippen LogP contribution in [0.25, 0.3) is 4.98 Å². The molecule has 2 atom stereocenters. The van der Waals surface area contributed by atoms with Crippen LogP contribution in [0, 0.1) is 11.3 Å². The molecule has 0 amide bonds. The normalized spacial score (nSPS) is 13.3. The second-order valence-corrected chi connectivity index (χ2v) is 7.47. The van der Waals surface area contributed by atoms with Gasteiger partial charge in [0.1, 0.15) is 12.6 Å². The Morgan fingerprint density at radius 1 is 1.19 bits per heavy atom. The van der Waals surface area contributed by atoms with E-state index in [0.717, 1.165) is 17.3 Å². The predicted octanol–water partition coefficient (Wildman–Crippen LogP) is 4.78. The number of methoxy groups -OCH3 is 1. The van der Waals surface area contributed by atoms with E-state index in [0.29, 0.717) is 39.3 Å². The summed E-state index contributed by atoms with van der Waals surface area (Å²) in [5, 5.41) is 18.1. The van der Waals surface area contributed by atoms with Gasteiger partial charge in [0.15, 0.2) is 10.7 Å². The Labute approximate surface area is 190 Å². The molecule has 32 heavy (non-hydrogen) atoms. The molecule has 8 nitrogen and oxygen atoms in total. The fourth-order valence-electron chi connectivity index (χ4n) is 3.02. The highest BCUT2D eigenvalue weighted by molar-refractivity contribution is 5.81. The molecule has 1 rings (SSSR count). The van der Waals surface area contributed by atoms with Crippen LogP contribution < -0.4 is 0 Å². The molecule has 0 radical (unpaired) electrons. The van der Waals surface area contributed by atoms with Gasteiger partial charge in [0.25, 0.3) is 0 Å². The van der Waals surface area contributed by atoms with Crippen molar-refractivity contribution >= 4 is 5.78 Å². The third kappa shape index (κ3) is 12.3. The fourth-order valence-corrected chi connectivity index (χ4v) is 3.02. The molecule has 1 aromatic carbocycles. The molecule has 1 N–H and O–H groups in total. The number of aliphatic hydroxyl groups excluding tert-OH is 1. The van der Waals surface area contributed by atoms with Gasteiger partial charge in [0, 0.05) is 25.9 Å². The molecule has 0 unspecified atom stereocenters. The van der Waals surface area contributed by atoms with E-state index >= 15 is 0 Å². The van der Waals surface area contributed by atoms with Gasteiger partial charge < -0.3 is 24.1 Å². The van der Waals surface area contributed by atoms with Crippen LogP contribution in [0.3, 0.4) is 0 Å². The van der Waals surface area contributed by atoms with Crippen LogP contribution in [0.5, 0.6) is 0 Å². The van der Waals surface area contributed by atoms with Crippen LogP contribution in [0.4, 0.5) is 0 Å². The Hall–Kier alpha value is -2.57. The van der Waals surface area contributed by atoms with E-state index in [1.54, 1.807) is 7.11 Å². The van der Waals surface area contributed by atoms with Crippen molar-refractivity contribution in [2.45, 2.75) is 45.3 Å². The van der Waals surface area contributed by atoms with E-state index in [1.807, 2.05) is 37.3 Å². The average Bonchev–Trinajstić information content (AvgIpc) is 2.78. The number of rotatable bonds is 18. The molecule has 176 valence electrons. The number of benzene rings is 1. The Morgan fingerprint density at radius 2 is 1.94 bits per heavy atom. The Kier molecular flexibility index (Phi) is 14.6. The average molecular weight is 448 g/mol. The number of carbonyl (C=O) groups is 1. The summed E-state index contributed by atoms with van der Waals surface area (Å²) in [7, 11) is 1.59. The van der Waals surface area contributed by atoms with Crippen LogP contribution in [-0.4, -0.2) is 50.7 Å². The van der Waals surface area contributed by atoms with Crippen molar-refractivity contribution in [1.82, 2.24) is 0 Å². The van der Waals surface area contributed by atoms with E-state index in [4.69, 9.17) is 24.3 Å². The summed E-state index contributed by atoms with van der Waals surface area (Å²) < 4.78 is 21.7. The first-order valence-electron chi connectivity index (χ1n) is 10.7. The van der Waals surface area contributed by atoms with Gasteiger partial charge in [0.2, 0.25) is 5.39 Å². The number of aliphatic hydroxyl groups is 1. The first kappa shape index (κ1) is 27.5. The highest BCUT2D eigenvalue weighted by Crippen LogP contribution is 2.22. The molecule has 0 saturated heterocycles. The summed E-state index contributed by atoms with van der Waals surface area (Å²) in [6, 6.07) is 9.88. The lowest BCUT2D eigenvalue weighted by molar-refractivity contribution is -0.137. The molecular formula is C24H35N2O6+. The van der Waals surface area contributed by atoms with Gasteiger partial charge in [-0.25, -0.2) is 0 Å². The predicted molar refractivity (Wildman–Crippen MR) is 121 cm³/mol. The van der Waals surface area contributed by atoms with Crippen molar-refractivity contribution < 1.29 is 28.8 Å². The van der Waals surface area contributed by atoms with Crippen molar-refractivity contribution in [3.8, 4) is 0 Å². The molecule has 0 heterocycles. The number of ketones is 1. The third-order valence-corrected chi connectivity index (χ3v) is 4.89. The summed E-state index contributed by atoms with van der Waals surface area (Å²) in [6.45, 7) is 7.73. The molecule has 0 aromatic heterocycles. The van der Waals surface area contributed by atoms with Crippen molar-refractivity contribution in [2.24, 2.45) is 5.92 Å². The fraction of sp³-hybridized carbons (Fsp3) is 0.542. The van der Waals surface area contributed by atoms with Crippen LogP contribution in [0.15, 0.2) is 54.4 Å². The molecule has 0 spiro atoms. The van der Waals surface area contributed by atoms with Crippen LogP contribution in [0.2, 0.25) is 0 Å². The molecule has 0 saturated carbocycles. The zero-order chi connectivity index (χ0) is 23.6. The third-order valence-electron chi connectivity index (χ3n) is 4.89. The minimum Gasteiger partial charge on any atom is -0.505 e. The van der Waals surface area contributed by atoms with E-state index in [-0.39, 0.29) is 37.3 Å². The Balaban J connectivity index is 2.54. The Morgan fingerprint density at radius 3 is 2.62 bits per heavy atom. The summed E-state index contributed by atoms with van der Waals surface area (Å²) >= 11 is 0. The first-order valence-corrected chi connectivity index (χ1v) is 10.7. The summed E-state index contributed by atoms with van der Waals surface area (Å²) in [6.07, 6.45) is 1.89. The highest BCUT2D eigenvalue weighted by Gasteiger charge is 2.26. The number of ether oxygens (including phenoxy) is 4. The van der Waals surface area contributed by atoms with E-state index in [9.17, 15) is 9.90 Å². The SMILES string of the molecule is C=C(CC[C@H](C(=O)CC/C(O)=C\[N+]#N)[C@@H](C)OCOCCOC)COCc1ccccc1. The van der Waals surface area contributed by atoms with Gasteiger partial charge in [-0.2, -0.15) is 0 Å². The second kappa shape index (κ2) is 17.0. The standard InChI is InChI=1S/C24H34N2O6/c1-19(16-31-17-21-7-5-4-6-8-21)9-11-23(20(2)32-18-30-14-13-29-3)24(28)12-10-22(27)15-26-25/h4-8,15,20,23H,1,9-14,16-18H2,2-3H3/p+1/b22-15+/t20-,23+/m1/s1. The van der Waals surface area contributed by atoms with Gasteiger partial charge in [-0.3, -0.25) is 4.79 Å². The number of nitrogens with zero attached hydrogens (tertiary/aromatic N) is 2. The van der Waals surface area contributed by atoms with Gasteiger partial charge >= 0.3 is 6.20 Å². The first-order chi connectivity index (χ1) is 15.5. The summed E-state index contributed by atoms with van der Waals surface area (Å²) in [5.74, 6) is -0.606. The number of Topliss-reactive ketones (excluding diaryl/α,β-unsaturated/α-hetero) is 1. The topological polar surface area (TPSA) is 102 Å². The van der Waals surface area contributed by atoms with Gasteiger partial charge in [-0.05, 0) is 25.3 Å². The molecule has 0 bridgehead atoms. The molecule has 0 aliphatic rings. The van der Waals surface area contributed by atoms with E-state index < -0.39 is 5.92 Å². The largest absolute Gasteiger partial charge is 0.505 e.